The van der Waals surface area contributed by atoms with Crippen LogP contribution in [0, 0.1) is 6.92 Å². The molecule has 1 aliphatic heterocycles. The molecule has 34 heavy (non-hydrogen) atoms. The predicted molar refractivity (Wildman–Crippen MR) is 133 cm³/mol. The molecule has 4 rings (SSSR count). The average Bonchev–Trinajstić information content (AvgIpc) is 2.80. The lowest BCUT2D eigenvalue weighted by Gasteiger charge is -2.21. The number of carbonyl (C=O) groups excluding carboxylic acids is 2. The summed E-state index contributed by atoms with van der Waals surface area (Å²) < 4.78 is 34.0. The third-order valence-electron chi connectivity index (χ3n) is 5.26. The Bertz CT molecular complexity index is 1390. The Hall–Kier alpha value is -3.50. The van der Waals surface area contributed by atoms with Crippen molar-refractivity contribution in [3.8, 4) is 5.75 Å². The number of anilines is 3. The number of sulfonamides is 1. The van der Waals surface area contributed by atoms with Crippen molar-refractivity contribution in [2.75, 3.05) is 22.5 Å². The fourth-order valence-corrected chi connectivity index (χ4v) is 5.72. The van der Waals surface area contributed by atoms with Crippen molar-refractivity contribution in [2.45, 2.75) is 28.9 Å². The second-order valence-electron chi connectivity index (χ2n) is 7.70. The normalized spacial score (nSPS) is 15.1. The monoisotopic (exact) mass is 497 g/mol. The van der Waals surface area contributed by atoms with Crippen LogP contribution >= 0.6 is 11.8 Å². The number of nitrogens with one attached hydrogen (secondary N) is 3. The van der Waals surface area contributed by atoms with Crippen molar-refractivity contribution in [3.05, 3.63) is 71.8 Å². The van der Waals surface area contributed by atoms with Crippen molar-refractivity contribution in [1.82, 2.24) is 0 Å². The largest absolute Gasteiger partial charge is 0.495 e. The molecule has 0 radical (unpaired) electrons. The molecule has 3 aromatic carbocycles. The first kappa shape index (κ1) is 23.7. The molecule has 1 heterocycles. The maximum atomic E-state index is 13.1. The van der Waals surface area contributed by atoms with E-state index in [1.807, 2.05) is 6.92 Å². The van der Waals surface area contributed by atoms with Gasteiger partial charge in [-0.25, -0.2) is 8.42 Å². The molecule has 0 saturated heterocycles. The van der Waals surface area contributed by atoms with E-state index in [4.69, 9.17) is 4.74 Å². The summed E-state index contributed by atoms with van der Waals surface area (Å²) in [5.41, 5.74) is 2.06. The third-order valence-corrected chi connectivity index (χ3v) is 7.94. The van der Waals surface area contributed by atoms with Crippen molar-refractivity contribution in [3.63, 3.8) is 0 Å². The molecule has 176 valence electrons. The summed E-state index contributed by atoms with van der Waals surface area (Å²) in [5, 5.41) is 5.33. The number of para-hydroxylation sites is 2. The van der Waals surface area contributed by atoms with Crippen LogP contribution in [0.4, 0.5) is 17.1 Å². The molecular formula is C24H23N3O5S2. The number of amides is 2. The number of aryl methyl sites for hydroxylation is 1. The van der Waals surface area contributed by atoms with Crippen molar-refractivity contribution < 1.29 is 22.7 Å². The summed E-state index contributed by atoms with van der Waals surface area (Å²) in [6, 6.07) is 16.4. The van der Waals surface area contributed by atoms with Crippen molar-refractivity contribution in [2.24, 2.45) is 0 Å². The van der Waals surface area contributed by atoms with Crippen LogP contribution in [0.25, 0.3) is 0 Å². The molecule has 0 aliphatic carbocycles. The van der Waals surface area contributed by atoms with E-state index in [1.165, 1.54) is 24.9 Å². The number of ether oxygens (including phenoxy) is 1. The van der Waals surface area contributed by atoms with Crippen LogP contribution in [0.3, 0.4) is 0 Å². The highest BCUT2D eigenvalue weighted by molar-refractivity contribution is 8.01. The summed E-state index contributed by atoms with van der Waals surface area (Å²) in [6.45, 7) is 3.49. The number of fused-ring (bicyclic) bond motifs is 1. The van der Waals surface area contributed by atoms with Gasteiger partial charge in [0, 0.05) is 16.1 Å². The molecule has 0 saturated carbocycles. The fraction of sp³-hybridized carbons (Fsp3) is 0.167. The quantitative estimate of drug-likeness (QED) is 0.462. The predicted octanol–water partition coefficient (Wildman–Crippen LogP) is 4.49. The van der Waals surface area contributed by atoms with Gasteiger partial charge in [0.15, 0.2) is 0 Å². The van der Waals surface area contributed by atoms with Crippen LogP contribution in [0.2, 0.25) is 0 Å². The van der Waals surface area contributed by atoms with Gasteiger partial charge in [0.1, 0.15) is 5.75 Å². The minimum Gasteiger partial charge on any atom is -0.495 e. The van der Waals surface area contributed by atoms with Gasteiger partial charge < -0.3 is 15.4 Å². The molecule has 8 nitrogen and oxygen atoms in total. The Morgan fingerprint density at radius 1 is 1.09 bits per heavy atom. The molecule has 2 amide bonds. The van der Waals surface area contributed by atoms with E-state index < -0.39 is 15.9 Å². The van der Waals surface area contributed by atoms with E-state index >= 15 is 0 Å². The van der Waals surface area contributed by atoms with Crippen LogP contribution in [0.5, 0.6) is 5.75 Å². The molecule has 0 aromatic heterocycles. The Morgan fingerprint density at radius 3 is 2.62 bits per heavy atom. The van der Waals surface area contributed by atoms with Gasteiger partial charge in [-0.05, 0) is 61.9 Å². The zero-order valence-electron chi connectivity index (χ0n) is 18.7. The molecule has 0 spiro atoms. The number of hydrogen-bond acceptors (Lipinski definition) is 6. The lowest BCUT2D eigenvalue weighted by atomic mass is 10.1. The van der Waals surface area contributed by atoms with E-state index in [-0.39, 0.29) is 16.1 Å². The van der Waals surface area contributed by atoms with E-state index in [0.29, 0.717) is 33.9 Å². The summed E-state index contributed by atoms with van der Waals surface area (Å²) in [5.74, 6) is -0.156. The molecule has 1 aliphatic rings. The first-order valence-corrected chi connectivity index (χ1v) is 12.7. The highest BCUT2D eigenvalue weighted by Crippen LogP contribution is 2.36. The Morgan fingerprint density at radius 2 is 1.85 bits per heavy atom. The molecule has 0 fully saturated rings. The number of methoxy groups -OCH3 is 1. The molecule has 10 heteroatoms. The first-order chi connectivity index (χ1) is 16.2. The molecule has 3 aromatic rings. The van der Waals surface area contributed by atoms with Gasteiger partial charge in [-0.3, -0.25) is 14.3 Å². The highest BCUT2D eigenvalue weighted by Gasteiger charge is 2.24. The topological polar surface area (TPSA) is 114 Å². The lowest BCUT2D eigenvalue weighted by molar-refractivity contribution is -0.115. The van der Waals surface area contributed by atoms with Crippen molar-refractivity contribution >= 4 is 50.7 Å². The second-order valence-corrected chi connectivity index (χ2v) is 10.7. The number of thioether (sulfide) groups is 1. The minimum absolute atomic E-state index is 0.0271. The number of carbonyl (C=O) groups is 2. The van der Waals surface area contributed by atoms with Crippen LogP contribution in [0.1, 0.15) is 22.8 Å². The van der Waals surface area contributed by atoms with Gasteiger partial charge in [0.05, 0.1) is 28.6 Å². The maximum absolute atomic E-state index is 13.1. The van der Waals surface area contributed by atoms with E-state index in [2.05, 4.69) is 15.4 Å². The number of benzene rings is 3. The fourth-order valence-electron chi connectivity index (χ4n) is 3.45. The summed E-state index contributed by atoms with van der Waals surface area (Å²) in [6.07, 6.45) is 0. The highest BCUT2D eigenvalue weighted by atomic mass is 32.2. The Labute approximate surface area is 202 Å². The van der Waals surface area contributed by atoms with Crippen LogP contribution in [-0.2, 0) is 14.8 Å². The smallest absolute Gasteiger partial charge is 0.262 e. The van der Waals surface area contributed by atoms with Crippen molar-refractivity contribution in [1.29, 1.82) is 0 Å². The van der Waals surface area contributed by atoms with Crippen LogP contribution < -0.4 is 20.1 Å². The van der Waals surface area contributed by atoms with Gasteiger partial charge in [-0.2, -0.15) is 0 Å². The molecule has 0 bridgehead atoms. The van der Waals surface area contributed by atoms with E-state index in [1.54, 1.807) is 61.5 Å². The molecule has 3 N–H and O–H groups in total. The SMILES string of the molecule is COc1ccccc1NS(=O)(=O)c1cc(NC(=O)c2ccc3c(c2)NC(=O)C(C)S3)ccc1C. The van der Waals surface area contributed by atoms with Gasteiger partial charge in [0.25, 0.3) is 15.9 Å². The van der Waals surface area contributed by atoms with Gasteiger partial charge >= 0.3 is 0 Å². The molecule has 1 unspecified atom stereocenters. The van der Waals surface area contributed by atoms with E-state index in [9.17, 15) is 18.0 Å². The van der Waals surface area contributed by atoms with Gasteiger partial charge in [-0.1, -0.05) is 18.2 Å². The minimum atomic E-state index is -3.95. The van der Waals surface area contributed by atoms with Gasteiger partial charge in [-0.15, -0.1) is 11.8 Å². The Kier molecular flexibility index (Phi) is 6.54. The third kappa shape index (κ3) is 4.87. The summed E-state index contributed by atoms with van der Waals surface area (Å²) in [7, 11) is -2.50. The second kappa shape index (κ2) is 9.40. The maximum Gasteiger partial charge on any atom is 0.262 e. The van der Waals surface area contributed by atoms with Crippen LogP contribution in [-0.4, -0.2) is 32.6 Å². The van der Waals surface area contributed by atoms with Crippen LogP contribution in [0.15, 0.2) is 70.5 Å². The molecule has 1 atom stereocenters. The number of rotatable bonds is 6. The Balaban J connectivity index is 1.57. The summed E-state index contributed by atoms with van der Waals surface area (Å²) >= 11 is 1.43. The van der Waals surface area contributed by atoms with E-state index in [0.717, 1.165) is 4.90 Å². The standard InChI is InChI=1S/C24H23N3O5S2/c1-14-8-10-17(13-22(14)34(30,31)27-18-6-4-5-7-20(18)32-3)25-24(29)16-9-11-21-19(12-16)26-23(28)15(2)33-21/h4-13,15,27H,1-3H3,(H,25,29)(H,26,28). The zero-order valence-corrected chi connectivity index (χ0v) is 20.3. The average molecular weight is 498 g/mol. The molecular weight excluding hydrogens is 474 g/mol. The summed E-state index contributed by atoms with van der Waals surface area (Å²) in [4.78, 5) is 25.7. The number of hydrogen-bond donors (Lipinski definition) is 3. The lowest BCUT2D eigenvalue weighted by Crippen LogP contribution is -2.26. The first-order valence-electron chi connectivity index (χ1n) is 10.4. The zero-order chi connectivity index (χ0) is 24.5. The van der Waals surface area contributed by atoms with Gasteiger partial charge in [0.2, 0.25) is 5.91 Å².